The van der Waals surface area contributed by atoms with Crippen LogP contribution < -0.4 is 10.0 Å². The van der Waals surface area contributed by atoms with Crippen molar-refractivity contribution in [2.75, 3.05) is 11.0 Å². The zero-order valence-corrected chi connectivity index (χ0v) is 12.6. The van der Waals surface area contributed by atoms with Crippen molar-refractivity contribution in [1.82, 2.24) is 5.32 Å². The van der Waals surface area contributed by atoms with Gasteiger partial charge in [-0.2, -0.15) is 0 Å². The molecule has 19 heavy (non-hydrogen) atoms. The highest BCUT2D eigenvalue weighted by atomic mass is 35.5. The van der Waals surface area contributed by atoms with Gasteiger partial charge in [-0.1, -0.05) is 18.5 Å². The third-order valence-electron chi connectivity index (χ3n) is 2.51. The fourth-order valence-corrected chi connectivity index (χ4v) is 2.20. The molecule has 106 valence electrons. The van der Waals surface area contributed by atoms with Crippen molar-refractivity contribution < 1.29 is 13.2 Å². The van der Waals surface area contributed by atoms with E-state index < -0.39 is 10.0 Å². The molecule has 2 N–H and O–H groups in total. The maximum Gasteiger partial charge on any atom is 0.253 e. The zero-order valence-electron chi connectivity index (χ0n) is 11.0. The third kappa shape index (κ3) is 5.08. The number of carbonyl (C=O) groups is 1. The highest BCUT2D eigenvalue weighted by Crippen LogP contribution is 2.21. The van der Waals surface area contributed by atoms with Crippen LogP contribution in [0.3, 0.4) is 0 Å². The second kappa shape index (κ2) is 6.25. The first kappa shape index (κ1) is 15.8. The van der Waals surface area contributed by atoms with E-state index in [0.29, 0.717) is 11.3 Å². The molecule has 0 fully saturated rings. The van der Waals surface area contributed by atoms with Crippen LogP contribution in [-0.4, -0.2) is 26.6 Å². The molecule has 0 bridgehead atoms. The first-order valence-corrected chi connectivity index (χ1v) is 8.08. The van der Waals surface area contributed by atoms with Crippen molar-refractivity contribution >= 4 is 33.2 Å². The Kier molecular flexibility index (Phi) is 5.20. The maximum atomic E-state index is 11.9. The van der Waals surface area contributed by atoms with Gasteiger partial charge in [0.15, 0.2) is 0 Å². The number of nitrogens with one attached hydrogen (secondary N) is 2. The van der Waals surface area contributed by atoms with Gasteiger partial charge in [0.1, 0.15) is 0 Å². The lowest BCUT2D eigenvalue weighted by Crippen LogP contribution is -2.32. The van der Waals surface area contributed by atoms with E-state index in [2.05, 4.69) is 10.0 Å². The Bertz CT molecular complexity index is 572. The van der Waals surface area contributed by atoms with Crippen LogP contribution in [0.15, 0.2) is 18.2 Å². The second-order valence-corrected chi connectivity index (χ2v) is 6.51. The molecule has 1 aromatic carbocycles. The summed E-state index contributed by atoms with van der Waals surface area (Å²) < 4.78 is 24.5. The molecule has 0 spiro atoms. The molecule has 1 atom stereocenters. The summed E-state index contributed by atoms with van der Waals surface area (Å²) in [6.45, 7) is 3.86. The topological polar surface area (TPSA) is 75.3 Å². The highest BCUT2D eigenvalue weighted by molar-refractivity contribution is 7.92. The number of sulfonamides is 1. The van der Waals surface area contributed by atoms with Crippen molar-refractivity contribution in [2.24, 2.45) is 0 Å². The summed E-state index contributed by atoms with van der Waals surface area (Å²) in [4.78, 5) is 11.9. The second-order valence-electron chi connectivity index (χ2n) is 4.35. The number of rotatable bonds is 5. The predicted octanol–water partition coefficient (Wildman–Crippen LogP) is 2.24. The molecular formula is C12H17ClN2O3S. The van der Waals surface area contributed by atoms with Crippen molar-refractivity contribution in [3.8, 4) is 0 Å². The molecule has 5 nitrogen and oxygen atoms in total. The molecule has 0 aliphatic carbocycles. The van der Waals surface area contributed by atoms with Gasteiger partial charge in [0.2, 0.25) is 10.0 Å². The molecule has 0 aliphatic rings. The SMILES string of the molecule is CC[C@@H](C)NC(=O)c1ccc(NS(C)(=O)=O)cc1Cl. The Morgan fingerprint density at radius 3 is 2.53 bits per heavy atom. The lowest BCUT2D eigenvalue weighted by Gasteiger charge is -2.13. The van der Waals surface area contributed by atoms with Crippen molar-refractivity contribution in [3.05, 3.63) is 28.8 Å². The number of hydrogen-bond acceptors (Lipinski definition) is 3. The van der Waals surface area contributed by atoms with Crippen LogP contribution in [0.2, 0.25) is 5.02 Å². The summed E-state index contributed by atoms with van der Waals surface area (Å²) in [5.74, 6) is -0.273. The Labute approximate surface area is 118 Å². The van der Waals surface area contributed by atoms with E-state index in [4.69, 9.17) is 11.6 Å². The molecule has 1 rings (SSSR count). The normalized spacial score (nSPS) is 12.8. The first-order valence-electron chi connectivity index (χ1n) is 5.81. The lowest BCUT2D eigenvalue weighted by atomic mass is 10.1. The molecule has 7 heteroatoms. The van der Waals surface area contributed by atoms with Gasteiger partial charge in [0.05, 0.1) is 16.8 Å². The molecule has 0 aromatic heterocycles. The van der Waals surface area contributed by atoms with E-state index in [0.717, 1.165) is 12.7 Å². The van der Waals surface area contributed by atoms with Crippen LogP contribution in [0.1, 0.15) is 30.6 Å². The maximum absolute atomic E-state index is 11.9. The number of halogens is 1. The van der Waals surface area contributed by atoms with Crippen LogP contribution in [0.5, 0.6) is 0 Å². The van der Waals surface area contributed by atoms with Crippen LogP contribution in [0.25, 0.3) is 0 Å². The van der Waals surface area contributed by atoms with Crippen LogP contribution >= 0.6 is 11.6 Å². The zero-order chi connectivity index (χ0) is 14.6. The summed E-state index contributed by atoms with van der Waals surface area (Å²) in [6, 6.07) is 4.46. The number of anilines is 1. The standard InChI is InChI=1S/C12H17ClN2O3S/c1-4-8(2)14-12(16)10-6-5-9(7-11(10)13)15-19(3,17)18/h5-8,15H,4H2,1-3H3,(H,14,16)/t8-/m1/s1. The minimum Gasteiger partial charge on any atom is -0.350 e. The number of benzene rings is 1. The minimum atomic E-state index is -3.36. The van der Waals surface area contributed by atoms with Gasteiger partial charge >= 0.3 is 0 Å². The lowest BCUT2D eigenvalue weighted by molar-refractivity contribution is 0.0939. The van der Waals surface area contributed by atoms with Gasteiger partial charge in [0, 0.05) is 11.7 Å². The molecule has 0 heterocycles. The first-order chi connectivity index (χ1) is 8.73. The summed E-state index contributed by atoms with van der Waals surface area (Å²) in [5.41, 5.74) is 0.647. The number of hydrogen-bond donors (Lipinski definition) is 2. The fourth-order valence-electron chi connectivity index (χ4n) is 1.38. The Morgan fingerprint density at radius 1 is 1.42 bits per heavy atom. The molecule has 0 aliphatic heterocycles. The summed E-state index contributed by atoms with van der Waals surface area (Å²) in [6.07, 6.45) is 1.86. The van der Waals surface area contributed by atoms with Gasteiger partial charge in [-0.05, 0) is 31.5 Å². The molecule has 0 unspecified atom stereocenters. The van der Waals surface area contributed by atoms with E-state index in [9.17, 15) is 13.2 Å². The van der Waals surface area contributed by atoms with E-state index in [1.54, 1.807) is 0 Å². The van der Waals surface area contributed by atoms with Crippen molar-refractivity contribution in [1.29, 1.82) is 0 Å². The molecular weight excluding hydrogens is 288 g/mol. The molecule has 0 saturated heterocycles. The predicted molar refractivity (Wildman–Crippen MR) is 77.1 cm³/mol. The number of carbonyl (C=O) groups excluding carboxylic acids is 1. The Hall–Kier alpha value is -1.27. The largest absolute Gasteiger partial charge is 0.350 e. The summed E-state index contributed by atoms with van der Waals surface area (Å²) >= 11 is 5.98. The van der Waals surface area contributed by atoms with Gasteiger partial charge in [-0.25, -0.2) is 8.42 Å². The molecule has 0 radical (unpaired) electrons. The van der Waals surface area contributed by atoms with Gasteiger partial charge in [-0.15, -0.1) is 0 Å². The molecule has 0 saturated carbocycles. The van der Waals surface area contributed by atoms with E-state index in [1.165, 1.54) is 18.2 Å². The molecule has 1 amide bonds. The van der Waals surface area contributed by atoms with Crippen LogP contribution in [0, 0.1) is 0 Å². The van der Waals surface area contributed by atoms with E-state index in [-0.39, 0.29) is 17.0 Å². The minimum absolute atomic E-state index is 0.0531. The van der Waals surface area contributed by atoms with Crippen molar-refractivity contribution in [2.45, 2.75) is 26.3 Å². The van der Waals surface area contributed by atoms with Gasteiger partial charge < -0.3 is 5.32 Å². The Morgan fingerprint density at radius 2 is 2.05 bits per heavy atom. The average molecular weight is 305 g/mol. The van der Waals surface area contributed by atoms with E-state index in [1.807, 2.05) is 13.8 Å². The van der Waals surface area contributed by atoms with Crippen LogP contribution in [0.4, 0.5) is 5.69 Å². The Balaban J connectivity index is 2.91. The van der Waals surface area contributed by atoms with Crippen LogP contribution in [-0.2, 0) is 10.0 Å². The quantitative estimate of drug-likeness (QED) is 0.876. The number of amides is 1. The summed E-state index contributed by atoms with van der Waals surface area (Å²) in [7, 11) is -3.36. The monoisotopic (exact) mass is 304 g/mol. The highest BCUT2D eigenvalue weighted by Gasteiger charge is 2.13. The summed E-state index contributed by atoms with van der Waals surface area (Å²) in [5, 5.41) is 3.00. The smallest absolute Gasteiger partial charge is 0.253 e. The fraction of sp³-hybridized carbons (Fsp3) is 0.417. The van der Waals surface area contributed by atoms with Crippen molar-refractivity contribution in [3.63, 3.8) is 0 Å². The average Bonchev–Trinajstić information content (AvgIpc) is 2.26. The van der Waals surface area contributed by atoms with Gasteiger partial charge in [-0.3, -0.25) is 9.52 Å². The third-order valence-corrected chi connectivity index (χ3v) is 3.43. The van der Waals surface area contributed by atoms with E-state index >= 15 is 0 Å². The molecule has 1 aromatic rings. The van der Waals surface area contributed by atoms with Gasteiger partial charge in [0.25, 0.3) is 5.91 Å².